The lowest BCUT2D eigenvalue weighted by atomic mass is 9.44. The zero-order valence-corrected chi connectivity index (χ0v) is 15.4. The van der Waals surface area contributed by atoms with Crippen LogP contribution in [-0.4, -0.2) is 22.8 Å². The molecule has 0 spiro atoms. The van der Waals surface area contributed by atoms with E-state index in [1.807, 2.05) is 0 Å². The highest BCUT2D eigenvalue weighted by Gasteiger charge is 2.63. The quantitative estimate of drug-likeness (QED) is 0.795. The van der Waals surface area contributed by atoms with E-state index >= 15 is 0 Å². The Morgan fingerprint density at radius 1 is 1.08 bits per heavy atom. The summed E-state index contributed by atoms with van der Waals surface area (Å²) in [7, 11) is 0. The Morgan fingerprint density at radius 2 is 1.83 bits per heavy atom. The van der Waals surface area contributed by atoms with Gasteiger partial charge >= 0.3 is 0 Å². The first-order valence-corrected chi connectivity index (χ1v) is 9.98. The number of rotatable bonds is 1. The maximum Gasteiger partial charge on any atom is 0.137 e. The molecule has 3 heteroatoms. The van der Waals surface area contributed by atoms with E-state index in [0.29, 0.717) is 30.0 Å². The van der Waals surface area contributed by atoms with Gasteiger partial charge in [-0.05, 0) is 80.5 Å². The van der Waals surface area contributed by atoms with Gasteiger partial charge in [0.05, 0.1) is 6.10 Å². The normalized spacial score (nSPS) is 53.9. The number of fused-ring (bicyclic) bond motifs is 5. The van der Waals surface area contributed by atoms with Crippen LogP contribution in [-0.2, 0) is 9.59 Å². The highest BCUT2D eigenvalue weighted by molar-refractivity contribution is 5.87. The summed E-state index contributed by atoms with van der Waals surface area (Å²) in [5.41, 5.74) is -0.0175. The van der Waals surface area contributed by atoms with Gasteiger partial charge in [-0.3, -0.25) is 9.59 Å². The first-order chi connectivity index (χ1) is 11.3. The summed E-state index contributed by atoms with van der Waals surface area (Å²) in [6.45, 7) is 6.28. The fraction of sp³-hybridized carbons (Fsp3) is 0.905. The van der Waals surface area contributed by atoms with Gasteiger partial charge in [0, 0.05) is 18.3 Å². The summed E-state index contributed by atoms with van der Waals surface area (Å²) in [4.78, 5) is 25.5. The molecule has 1 unspecified atom stereocenters. The van der Waals surface area contributed by atoms with E-state index in [1.54, 1.807) is 6.92 Å². The second-order valence-electron chi connectivity index (χ2n) is 9.85. The summed E-state index contributed by atoms with van der Waals surface area (Å²) < 4.78 is 0. The van der Waals surface area contributed by atoms with Crippen LogP contribution in [0.1, 0.15) is 72.1 Å². The number of aliphatic hydroxyl groups excluding tert-OH is 1. The van der Waals surface area contributed by atoms with E-state index in [0.717, 1.165) is 44.9 Å². The van der Waals surface area contributed by atoms with Crippen LogP contribution in [0.15, 0.2) is 0 Å². The monoisotopic (exact) mass is 332 g/mol. The molecule has 0 bridgehead atoms. The molecule has 0 saturated heterocycles. The molecule has 0 heterocycles. The summed E-state index contributed by atoms with van der Waals surface area (Å²) in [6.07, 6.45) is 7.53. The van der Waals surface area contributed by atoms with E-state index in [1.165, 1.54) is 0 Å². The fourth-order valence-electron chi connectivity index (χ4n) is 7.72. The van der Waals surface area contributed by atoms with Gasteiger partial charge in [0.1, 0.15) is 11.6 Å². The second kappa shape index (κ2) is 5.40. The highest BCUT2D eigenvalue weighted by atomic mass is 16.3. The van der Waals surface area contributed by atoms with E-state index < -0.39 is 0 Å². The molecule has 4 aliphatic rings. The predicted molar refractivity (Wildman–Crippen MR) is 92.3 cm³/mol. The van der Waals surface area contributed by atoms with Crippen LogP contribution in [0.2, 0.25) is 0 Å². The molecule has 4 rings (SSSR count). The van der Waals surface area contributed by atoms with Crippen molar-refractivity contribution in [2.45, 2.75) is 78.2 Å². The van der Waals surface area contributed by atoms with Crippen LogP contribution in [0.25, 0.3) is 0 Å². The van der Waals surface area contributed by atoms with Crippen LogP contribution in [0.5, 0.6) is 0 Å². The number of Topliss-reactive ketones (excluding diaryl/α,β-unsaturated/α-hetero) is 2. The third-order valence-corrected chi connectivity index (χ3v) is 8.81. The van der Waals surface area contributed by atoms with Gasteiger partial charge in [0.2, 0.25) is 0 Å². The van der Waals surface area contributed by atoms with Gasteiger partial charge in [-0.1, -0.05) is 13.8 Å². The van der Waals surface area contributed by atoms with E-state index in [4.69, 9.17) is 0 Å². The molecular weight excluding hydrogens is 300 g/mol. The third kappa shape index (κ3) is 2.12. The molecule has 0 aliphatic heterocycles. The SMILES string of the molecule is CC(=O)[C@H]1CC[C@H]2[C@@H]3CCC4C[C@@H](O)CC[C@]4(C)[C@H]3C(=O)C[C@]12C. The van der Waals surface area contributed by atoms with Crippen molar-refractivity contribution in [3.63, 3.8) is 0 Å². The number of carbonyl (C=O) groups is 2. The number of hydrogen-bond donors (Lipinski definition) is 1. The topological polar surface area (TPSA) is 54.4 Å². The molecule has 134 valence electrons. The fourth-order valence-corrected chi connectivity index (χ4v) is 7.72. The number of aliphatic hydroxyl groups is 1. The zero-order chi connectivity index (χ0) is 17.3. The summed E-state index contributed by atoms with van der Waals surface area (Å²) in [5.74, 6) is 2.48. The Kier molecular flexibility index (Phi) is 3.77. The Balaban J connectivity index is 1.68. The average Bonchev–Trinajstić information content (AvgIpc) is 2.84. The third-order valence-electron chi connectivity index (χ3n) is 8.81. The number of ketones is 2. The summed E-state index contributed by atoms with van der Waals surface area (Å²) >= 11 is 0. The molecule has 0 aromatic heterocycles. The minimum Gasteiger partial charge on any atom is -0.393 e. The zero-order valence-electron chi connectivity index (χ0n) is 15.4. The molecule has 0 aromatic rings. The summed E-state index contributed by atoms with van der Waals surface area (Å²) in [6, 6.07) is 0. The molecular formula is C21H32O3. The maximum atomic E-state index is 13.3. The lowest BCUT2D eigenvalue weighted by molar-refractivity contribution is -0.162. The highest BCUT2D eigenvalue weighted by Crippen LogP contribution is 2.66. The smallest absolute Gasteiger partial charge is 0.137 e. The van der Waals surface area contributed by atoms with Gasteiger partial charge in [0.25, 0.3) is 0 Å². The van der Waals surface area contributed by atoms with Crippen LogP contribution in [0.3, 0.4) is 0 Å². The first-order valence-electron chi connectivity index (χ1n) is 9.98. The van der Waals surface area contributed by atoms with Crippen molar-refractivity contribution in [1.82, 2.24) is 0 Å². The molecule has 4 aliphatic carbocycles. The van der Waals surface area contributed by atoms with Gasteiger partial charge in [-0.2, -0.15) is 0 Å². The van der Waals surface area contributed by atoms with Crippen molar-refractivity contribution < 1.29 is 14.7 Å². The molecule has 0 amide bonds. The Hall–Kier alpha value is -0.700. The molecule has 8 atom stereocenters. The minimum atomic E-state index is -0.169. The van der Waals surface area contributed by atoms with Gasteiger partial charge in [-0.25, -0.2) is 0 Å². The maximum absolute atomic E-state index is 13.3. The second-order valence-corrected chi connectivity index (χ2v) is 9.85. The Bertz CT molecular complexity index is 569. The minimum absolute atomic E-state index is 0.0782. The number of hydrogen-bond acceptors (Lipinski definition) is 3. The van der Waals surface area contributed by atoms with E-state index in [-0.39, 0.29) is 34.6 Å². The average molecular weight is 332 g/mol. The van der Waals surface area contributed by atoms with Gasteiger partial charge in [0.15, 0.2) is 0 Å². The summed E-state index contributed by atoms with van der Waals surface area (Å²) in [5, 5.41) is 10.1. The van der Waals surface area contributed by atoms with Crippen LogP contribution < -0.4 is 0 Å². The molecule has 3 nitrogen and oxygen atoms in total. The van der Waals surface area contributed by atoms with Crippen LogP contribution in [0.4, 0.5) is 0 Å². The van der Waals surface area contributed by atoms with Crippen molar-refractivity contribution in [3.05, 3.63) is 0 Å². The van der Waals surface area contributed by atoms with E-state index in [2.05, 4.69) is 13.8 Å². The van der Waals surface area contributed by atoms with Crippen LogP contribution >= 0.6 is 0 Å². The Labute approximate surface area is 145 Å². The molecule has 4 fully saturated rings. The van der Waals surface area contributed by atoms with Crippen molar-refractivity contribution >= 4 is 11.6 Å². The predicted octanol–water partition coefficient (Wildman–Crippen LogP) is 3.77. The van der Waals surface area contributed by atoms with E-state index in [9.17, 15) is 14.7 Å². The molecule has 4 saturated carbocycles. The van der Waals surface area contributed by atoms with Crippen molar-refractivity contribution in [2.24, 2.45) is 40.4 Å². The van der Waals surface area contributed by atoms with Gasteiger partial charge in [-0.15, -0.1) is 0 Å². The largest absolute Gasteiger partial charge is 0.393 e. The van der Waals surface area contributed by atoms with Crippen molar-refractivity contribution in [2.75, 3.05) is 0 Å². The van der Waals surface area contributed by atoms with Crippen molar-refractivity contribution in [1.29, 1.82) is 0 Å². The molecule has 0 aromatic carbocycles. The number of carbonyl (C=O) groups excluding carboxylic acids is 2. The molecule has 1 N–H and O–H groups in total. The van der Waals surface area contributed by atoms with Crippen molar-refractivity contribution in [3.8, 4) is 0 Å². The Morgan fingerprint density at radius 3 is 2.54 bits per heavy atom. The van der Waals surface area contributed by atoms with Gasteiger partial charge < -0.3 is 5.11 Å². The van der Waals surface area contributed by atoms with Crippen LogP contribution in [0, 0.1) is 40.4 Å². The standard InChI is InChI=1S/C21H32O3/c1-12(22)16-6-7-17-15-5-4-13-10-14(23)8-9-20(13,2)19(15)18(24)11-21(16,17)3/h13-17,19,23H,4-11H2,1-3H3/t13?,14-,15-,16+,17-,19+,20-,21+/m0/s1. The first kappa shape index (κ1) is 16.8. The molecule has 24 heavy (non-hydrogen) atoms. The lowest BCUT2D eigenvalue weighted by Gasteiger charge is -2.59. The molecule has 0 radical (unpaired) electrons. The lowest BCUT2D eigenvalue weighted by Crippen LogP contribution is -2.58.